The molecule has 2 aliphatic rings. The zero-order valence-electron chi connectivity index (χ0n) is 10.2. The summed E-state index contributed by atoms with van der Waals surface area (Å²) in [6.07, 6.45) is 7.89. The standard InChI is InChI=1S/C12H22N2OS/c1-3-4-11-12(15)14(8-13-11)9-5-6-10(7-9)16-2/h9-11,13H,3-8H2,1-2H3. The van der Waals surface area contributed by atoms with E-state index in [1.54, 1.807) is 0 Å². The number of nitrogens with one attached hydrogen (secondary N) is 1. The van der Waals surface area contributed by atoms with Gasteiger partial charge in [-0.1, -0.05) is 13.3 Å². The smallest absolute Gasteiger partial charge is 0.241 e. The second-order valence-corrected chi connectivity index (χ2v) is 5.97. The number of thioether (sulfide) groups is 1. The zero-order chi connectivity index (χ0) is 11.5. The molecule has 0 aromatic rings. The molecule has 0 aromatic carbocycles. The first-order valence-corrected chi connectivity index (χ1v) is 7.61. The van der Waals surface area contributed by atoms with Crippen LogP contribution in [-0.4, -0.2) is 41.1 Å². The third-order valence-corrected chi connectivity index (χ3v) is 4.89. The van der Waals surface area contributed by atoms with Gasteiger partial charge in [0.1, 0.15) is 0 Å². The predicted molar refractivity (Wildman–Crippen MR) is 68.5 cm³/mol. The van der Waals surface area contributed by atoms with Crippen molar-refractivity contribution in [3.63, 3.8) is 0 Å². The van der Waals surface area contributed by atoms with Crippen LogP contribution in [0.3, 0.4) is 0 Å². The summed E-state index contributed by atoms with van der Waals surface area (Å²) in [4.78, 5) is 14.2. The van der Waals surface area contributed by atoms with E-state index in [9.17, 15) is 4.79 Å². The van der Waals surface area contributed by atoms with Crippen molar-refractivity contribution in [3.8, 4) is 0 Å². The van der Waals surface area contributed by atoms with Crippen LogP contribution in [0.1, 0.15) is 39.0 Å². The summed E-state index contributed by atoms with van der Waals surface area (Å²) in [5.74, 6) is 0.341. The molecular weight excluding hydrogens is 220 g/mol. The molecule has 0 aromatic heterocycles. The van der Waals surface area contributed by atoms with Crippen LogP contribution in [0.2, 0.25) is 0 Å². The minimum atomic E-state index is 0.0957. The van der Waals surface area contributed by atoms with Crippen molar-refractivity contribution >= 4 is 17.7 Å². The van der Waals surface area contributed by atoms with Crippen molar-refractivity contribution in [2.75, 3.05) is 12.9 Å². The summed E-state index contributed by atoms with van der Waals surface area (Å²) in [5, 5.41) is 4.10. The molecule has 0 bridgehead atoms. The van der Waals surface area contributed by atoms with Gasteiger partial charge in [0.05, 0.1) is 12.7 Å². The minimum absolute atomic E-state index is 0.0957. The molecule has 1 heterocycles. The average molecular weight is 242 g/mol. The Kier molecular flexibility index (Phi) is 4.14. The quantitative estimate of drug-likeness (QED) is 0.816. The van der Waals surface area contributed by atoms with E-state index >= 15 is 0 Å². The third-order valence-electron chi connectivity index (χ3n) is 3.80. The number of amides is 1. The molecule has 0 spiro atoms. The first-order valence-electron chi connectivity index (χ1n) is 6.33. The van der Waals surface area contributed by atoms with Gasteiger partial charge >= 0.3 is 0 Å². The van der Waals surface area contributed by atoms with Crippen LogP contribution in [0.25, 0.3) is 0 Å². The highest BCUT2D eigenvalue weighted by Crippen LogP contribution is 2.32. The van der Waals surface area contributed by atoms with Crippen molar-refractivity contribution in [2.45, 2.75) is 56.4 Å². The Hall–Kier alpha value is -0.220. The number of carbonyl (C=O) groups is 1. The SMILES string of the molecule is CCCC1NCN(C2CCC(SC)C2)C1=O. The lowest BCUT2D eigenvalue weighted by molar-refractivity contribution is -0.130. The lowest BCUT2D eigenvalue weighted by atomic mass is 10.1. The monoisotopic (exact) mass is 242 g/mol. The Bertz CT molecular complexity index is 259. The van der Waals surface area contributed by atoms with Crippen LogP contribution in [0, 0.1) is 0 Å². The molecule has 1 amide bonds. The number of nitrogens with zero attached hydrogens (tertiary/aromatic N) is 1. The van der Waals surface area contributed by atoms with Gasteiger partial charge in [-0.25, -0.2) is 0 Å². The van der Waals surface area contributed by atoms with E-state index in [0.29, 0.717) is 11.9 Å². The highest BCUT2D eigenvalue weighted by molar-refractivity contribution is 7.99. The van der Waals surface area contributed by atoms with Gasteiger partial charge in [0.2, 0.25) is 5.91 Å². The van der Waals surface area contributed by atoms with Gasteiger partial charge in [-0.3, -0.25) is 10.1 Å². The van der Waals surface area contributed by atoms with Crippen LogP contribution in [0.15, 0.2) is 0 Å². The van der Waals surface area contributed by atoms with Crippen molar-refractivity contribution in [2.24, 2.45) is 0 Å². The molecule has 3 unspecified atom stereocenters. The molecule has 4 heteroatoms. The van der Waals surface area contributed by atoms with Crippen LogP contribution in [0.5, 0.6) is 0 Å². The predicted octanol–water partition coefficient (Wildman–Crippen LogP) is 1.83. The van der Waals surface area contributed by atoms with Gasteiger partial charge in [-0.05, 0) is 31.9 Å². The number of carbonyl (C=O) groups excluding carboxylic acids is 1. The molecule has 16 heavy (non-hydrogen) atoms. The minimum Gasteiger partial charge on any atom is -0.326 e. The molecule has 3 nitrogen and oxygen atoms in total. The maximum Gasteiger partial charge on any atom is 0.241 e. The van der Waals surface area contributed by atoms with Gasteiger partial charge in [0.15, 0.2) is 0 Å². The van der Waals surface area contributed by atoms with E-state index in [4.69, 9.17) is 0 Å². The fourth-order valence-corrected chi connectivity index (χ4v) is 3.60. The molecule has 1 aliphatic carbocycles. The summed E-state index contributed by atoms with van der Waals surface area (Å²) in [5.41, 5.74) is 0. The van der Waals surface area contributed by atoms with Crippen LogP contribution < -0.4 is 5.32 Å². The Morgan fingerprint density at radius 1 is 1.50 bits per heavy atom. The molecule has 1 N–H and O–H groups in total. The van der Waals surface area contributed by atoms with E-state index < -0.39 is 0 Å². The lowest BCUT2D eigenvalue weighted by Crippen LogP contribution is -2.37. The molecule has 1 aliphatic heterocycles. The highest BCUT2D eigenvalue weighted by Gasteiger charge is 2.37. The first kappa shape index (κ1) is 12.2. The van der Waals surface area contributed by atoms with Crippen molar-refractivity contribution in [3.05, 3.63) is 0 Å². The normalized spacial score (nSPS) is 35.0. The van der Waals surface area contributed by atoms with Crippen molar-refractivity contribution < 1.29 is 4.79 Å². The summed E-state index contributed by atoms with van der Waals surface area (Å²) in [7, 11) is 0. The van der Waals surface area contributed by atoms with Gasteiger partial charge < -0.3 is 4.90 Å². The summed E-state index contributed by atoms with van der Waals surface area (Å²) >= 11 is 1.95. The van der Waals surface area contributed by atoms with Crippen molar-refractivity contribution in [1.29, 1.82) is 0 Å². The van der Waals surface area contributed by atoms with Crippen molar-refractivity contribution in [1.82, 2.24) is 10.2 Å². The van der Waals surface area contributed by atoms with Gasteiger partial charge in [0.25, 0.3) is 0 Å². The number of hydrogen-bond donors (Lipinski definition) is 1. The highest BCUT2D eigenvalue weighted by atomic mass is 32.2. The summed E-state index contributed by atoms with van der Waals surface area (Å²) in [6, 6.07) is 0.595. The molecule has 1 saturated carbocycles. The molecule has 92 valence electrons. The van der Waals surface area contributed by atoms with E-state index in [0.717, 1.165) is 24.8 Å². The van der Waals surface area contributed by atoms with Crippen LogP contribution in [-0.2, 0) is 4.79 Å². The number of rotatable bonds is 4. The second-order valence-electron chi connectivity index (χ2n) is 4.84. The first-order chi connectivity index (χ1) is 7.76. The number of hydrogen-bond acceptors (Lipinski definition) is 3. The topological polar surface area (TPSA) is 32.3 Å². The van der Waals surface area contributed by atoms with E-state index in [2.05, 4.69) is 23.4 Å². The Morgan fingerprint density at radius 3 is 2.94 bits per heavy atom. The van der Waals surface area contributed by atoms with Gasteiger partial charge in [-0.2, -0.15) is 11.8 Å². The molecule has 3 atom stereocenters. The Labute approximate surface area is 102 Å². The van der Waals surface area contributed by atoms with E-state index in [1.807, 2.05) is 11.8 Å². The van der Waals surface area contributed by atoms with Crippen LogP contribution in [0.4, 0.5) is 0 Å². The zero-order valence-corrected chi connectivity index (χ0v) is 11.1. The fraction of sp³-hybridized carbons (Fsp3) is 0.917. The molecule has 1 saturated heterocycles. The molecule has 2 fully saturated rings. The van der Waals surface area contributed by atoms with E-state index in [1.165, 1.54) is 19.3 Å². The molecular formula is C12H22N2OS. The fourth-order valence-electron chi connectivity index (χ4n) is 2.81. The largest absolute Gasteiger partial charge is 0.326 e. The summed E-state index contributed by atoms with van der Waals surface area (Å²) in [6.45, 7) is 2.91. The maximum absolute atomic E-state index is 12.1. The lowest BCUT2D eigenvalue weighted by Gasteiger charge is -2.23. The van der Waals surface area contributed by atoms with Gasteiger partial charge in [-0.15, -0.1) is 0 Å². The van der Waals surface area contributed by atoms with E-state index in [-0.39, 0.29) is 6.04 Å². The average Bonchev–Trinajstić information content (AvgIpc) is 2.87. The molecule has 2 rings (SSSR count). The maximum atomic E-state index is 12.1. The molecule has 0 radical (unpaired) electrons. The van der Waals surface area contributed by atoms with Crippen LogP contribution >= 0.6 is 11.8 Å². The van der Waals surface area contributed by atoms with Gasteiger partial charge in [0, 0.05) is 11.3 Å². The summed E-state index contributed by atoms with van der Waals surface area (Å²) < 4.78 is 0. The Morgan fingerprint density at radius 2 is 2.31 bits per heavy atom. The Balaban J connectivity index is 1.89. The third kappa shape index (κ3) is 2.38. The second kappa shape index (κ2) is 5.41.